The van der Waals surface area contributed by atoms with Crippen LogP contribution in [0.25, 0.3) is 21.7 Å². The van der Waals surface area contributed by atoms with Gasteiger partial charge in [0.25, 0.3) is 5.91 Å². The van der Waals surface area contributed by atoms with Gasteiger partial charge in [0.2, 0.25) is 0 Å². The molecule has 0 radical (unpaired) electrons. The number of rotatable bonds is 3. The van der Waals surface area contributed by atoms with E-state index in [2.05, 4.69) is 54.0 Å². The fraction of sp³-hybridized carbons (Fsp3) is 0.389. The van der Waals surface area contributed by atoms with E-state index in [4.69, 9.17) is 0 Å². The molecule has 3 rings (SSSR count). The molecule has 0 aromatic carbocycles. The molecule has 1 amide bonds. The molecule has 0 saturated carbocycles. The second-order valence-corrected chi connectivity index (χ2v) is 8.41. The second kappa shape index (κ2) is 6.02. The van der Waals surface area contributed by atoms with Crippen LogP contribution in [-0.2, 0) is 0 Å². The van der Waals surface area contributed by atoms with Crippen molar-refractivity contribution >= 4 is 28.4 Å². The van der Waals surface area contributed by atoms with Gasteiger partial charge in [-0.3, -0.25) is 4.79 Å². The summed E-state index contributed by atoms with van der Waals surface area (Å²) in [5.41, 5.74) is 2.55. The molecule has 24 heavy (non-hydrogen) atoms. The number of hydrogen-bond acceptors (Lipinski definition) is 4. The van der Waals surface area contributed by atoms with Gasteiger partial charge in [0.05, 0.1) is 22.3 Å². The molecule has 5 nitrogen and oxygen atoms in total. The standard InChI is InChI=1S/C18H22N4OS/c1-10-6-7-14(24-10)13-9-20-16-15(22-13)12(8-19-16)17(23)21-11(2)18(3,4)5/h6-9,11H,1-5H3,(H,19,20)(H,21,23). The van der Waals surface area contributed by atoms with Gasteiger partial charge in [0.15, 0.2) is 5.65 Å². The number of nitrogens with zero attached hydrogens (tertiary/aromatic N) is 2. The lowest BCUT2D eigenvalue weighted by atomic mass is 9.88. The number of thiophene rings is 1. The Hall–Kier alpha value is -2.21. The summed E-state index contributed by atoms with van der Waals surface area (Å²) in [6, 6.07) is 4.14. The minimum atomic E-state index is -0.127. The fourth-order valence-electron chi connectivity index (χ4n) is 2.25. The summed E-state index contributed by atoms with van der Waals surface area (Å²) in [6.45, 7) is 10.4. The highest BCUT2D eigenvalue weighted by Crippen LogP contribution is 2.27. The van der Waals surface area contributed by atoms with Crippen molar-refractivity contribution in [2.75, 3.05) is 0 Å². The average molecular weight is 342 g/mol. The van der Waals surface area contributed by atoms with E-state index >= 15 is 0 Å². The molecule has 1 atom stereocenters. The molecule has 0 saturated heterocycles. The van der Waals surface area contributed by atoms with Crippen molar-refractivity contribution < 1.29 is 4.79 Å². The number of aromatic amines is 1. The molecule has 1 unspecified atom stereocenters. The first-order valence-corrected chi connectivity index (χ1v) is 8.79. The van der Waals surface area contributed by atoms with E-state index in [-0.39, 0.29) is 17.4 Å². The Balaban J connectivity index is 1.95. The highest BCUT2D eigenvalue weighted by atomic mass is 32.1. The first-order chi connectivity index (χ1) is 11.3. The van der Waals surface area contributed by atoms with E-state index in [1.165, 1.54) is 4.88 Å². The second-order valence-electron chi connectivity index (χ2n) is 7.13. The smallest absolute Gasteiger partial charge is 0.255 e. The van der Waals surface area contributed by atoms with Gasteiger partial charge in [0.1, 0.15) is 5.52 Å². The van der Waals surface area contributed by atoms with E-state index < -0.39 is 0 Å². The number of fused-ring (bicyclic) bond motifs is 1. The Morgan fingerprint density at radius 2 is 2.08 bits per heavy atom. The van der Waals surface area contributed by atoms with Gasteiger partial charge in [-0.05, 0) is 31.4 Å². The largest absolute Gasteiger partial charge is 0.349 e. The van der Waals surface area contributed by atoms with Crippen molar-refractivity contribution in [1.29, 1.82) is 0 Å². The van der Waals surface area contributed by atoms with Gasteiger partial charge in [-0.25, -0.2) is 9.97 Å². The molecule has 6 heteroatoms. The Morgan fingerprint density at radius 3 is 2.71 bits per heavy atom. The molecule has 3 aromatic heterocycles. The summed E-state index contributed by atoms with van der Waals surface area (Å²) >= 11 is 1.67. The van der Waals surface area contributed by atoms with E-state index in [0.717, 1.165) is 10.6 Å². The Kier molecular flexibility index (Phi) is 4.17. The Labute approximate surface area is 145 Å². The van der Waals surface area contributed by atoms with Crippen LogP contribution in [0.2, 0.25) is 0 Å². The Bertz CT molecular complexity index is 888. The molecule has 126 valence electrons. The van der Waals surface area contributed by atoms with Gasteiger partial charge in [0, 0.05) is 17.1 Å². The average Bonchev–Trinajstić information content (AvgIpc) is 3.11. The van der Waals surface area contributed by atoms with Gasteiger partial charge >= 0.3 is 0 Å². The highest BCUT2D eigenvalue weighted by molar-refractivity contribution is 7.15. The number of nitrogens with one attached hydrogen (secondary N) is 2. The number of aryl methyl sites for hydroxylation is 1. The number of carbonyl (C=O) groups is 1. The van der Waals surface area contributed by atoms with E-state index in [1.54, 1.807) is 23.7 Å². The first-order valence-electron chi connectivity index (χ1n) is 7.97. The topological polar surface area (TPSA) is 70.7 Å². The lowest BCUT2D eigenvalue weighted by molar-refractivity contribution is 0.0911. The predicted octanol–water partition coefficient (Wildman–Crippen LogP) is 4.16. The van der Waals surface area contributed by atoms with Crippen molar-refractivity contribution in [3.05, 3.63) is 35.0 Å². The van der Waals surface area contributed by atoms with Crippen molar-refractivity contribution in [1.82, 2.24) is 20.3 Å². The van der Waals surface area contributed by atoms with Crippen LogP contribution in [0, 0.1) is 12.3 Å². The number of hydrogen-bond donors (Lipinski definition) is 2. The zero-order chi connectivity index (χ0) is 17.5. The maximum atomic E-state index is 12.6. The normalized spacial score (nSPS) is 13.2. The zero-order valence-electron chi connectivity index (χ0n) is 14.6. The van der Waals surface area contributed by atoms with E-state index in [9.17, 15) is 4.79 Å². The van der Waals surface area contributed by atoms with Gasteiger partial charge in [-0.1, -0.05) is 20.8 Å². The third-order valence-corrected chi connectivity index (χ3v) is 5.29. The van der Waals surface area contributed by atoms with E-state index in [1.807, 2.05) is 13.0 Å². The number of carbonyl (C=O) groups excluding carboxylic acids is 1. The van der Waals surface area contributed by atoms with Crippen LogP contribution in [0.3, 0.4) is 0 Å². The van der Waals surface area contributed by atoms with Crippen LogP contribution in [0.1, 0.15) is 42.9 Å². The lowest BCUT2D eigenvalue weighted by Crippen LogP contribution is -2.41. The molecule has 3 aromatic rings. The van der Waals surface area contributed by atoms with Crippen LogP contribution in [-0.4, -0.2) is 26.9 Å². The highest BCUT2D eigenvalue weighted by Gasteiger charge is 2.24. The molecule has 0 aliphatic rings. The van der Waals surface area contributed by atoms with Crippen LogP contribution >= 0.6 is 11.3 Å². The molecule has 0 bridgehead atoms. The summed E-state index contributed by atoms with van der Waals surface area (Å²) in [5, 5.41) is 3.05. The van der Waals surface area contributed by atoms with Crippen LogP contribution < -0.4 is 5.32 Å². The maximum Gasteiger partial charge on any atom is 0.255 e. The van der Waals surface area contributed by atoms with Crippen LogP contribution in [0.5, 0.6) is 0 Å². The molecule has 0 aliphatic heterocycles. The monoisotopic (exact) mass is 342 g/mol. The van der Waals surface area contributed by atoms with Gasteiger partial charge in [-0.2, -0.15) is 0 Å². The quantitative estimate of drug-likeness (QED) is 0.751. The molecule has 0 spiro atoms. The number of amides is 1. The molecule has 0 fully saturated rings. The van der Waals surface area contributed by atoms with Crippen LogP contribution in [0.4, 0.5) is 0 Å². The third kappa shape index (κ3) is 3.19. The summed E-state index contributed by atoms with van der Waals surface area (Å²) in [5.74, 6) is -0.127. The van der Waals surface area contributed by atoms with Crippen molar-refractivity contribution in [2.45, 2.75) is 40.7 Å². The summed E-state index contributed by atoms with van der Waals surface area (Å²) in [7, 11) is 0. The zero-order valence-corrected chi connectivity index (χ0v) is 15.4. The molecule has 0 aliphatic carbocycles. The first kappa shape index (κ1) is 16.6. The van der Waals surface area contributed by atoms with E-state index in [0.29, 0.717) is 16.7 Å². The van der Waals surface area contributed by atoms with Gasteiger partial charge in [-0.15, -0.1) is 11.3 Å². The number of aromatic nitrogens is 3. The molecule has 2 N–H and O–H groups in total. The summed E-state index contributed by atoms with van der Waals surface area (Å²) in [6.07, 6.45) is 3.42. The fourth-order valence-corrected chi connectivity index (χ4v) is 3.07. The van der Waals surface area contributed by atoms with Crippen LogP contribution in [0.15, 0.2) is 24.5 Å². The van der Waals surface area contributed by atoms with Crippen molar-refractivity contribution in [2.24, 2.45) is 5.41 Å². The molecular formula is C18H22N4OS. The third-order valence-electron chi connectivity index (χ3n) is 4.26. The summed E-state index contributed by atoms with van der Waals surface area (Å²) in [4.78, 5) is 27.0. The SMILES string of the molecule is Cc1ccc(-c2cnc3[nH]cc(C(=O)NC(C)C(C)(C)C)c3n2)s1. The molecule has 3 heterocycles. The predicted molar refractivity (Wildman–Crippen MR) is 98.3 cm³/mol. The van der Waals surface area contributed by atoms with Crippen molar-refractivity contribution in [3.63, 3.8) is 0 Å². The lowest BCUT2D eigenvalue weighted by Gasteiger charge is -2.27. The number of H-pyrrole nitrogens is 1. The van der Waals surface area contributed by atoms with Crippen molar-refractivity contribution in [3.8, 4) is 10.6 Å². The molecular weight excluding hydrogens is 320 g/mol. The minimum absolute atomic E-state index is 0.00684. The maximum absolute atomic E-state index is 12.6. The van der Waals surface area contributed by atoms with Gasteiger partial charge < -0.3 is 10.3 Å². The Morgan fingerprint density at radius 1 is 1.33 bits per heavy atom. The summed E-state index contributed by atoms with van der Waals surface area (Å²) < 4.78 is 0. The minimum Gasteiger partial charge on any atom is -0.349 e.